The van der Waals surface area contributed by atoms with Crippen LogP contribution in [0.2, 0.25) is 0 Å². The SMILES string of the molecule is NC(=O)O.NCC(=O)O. The van der Waals surface area contributed by atoms with Crippen molar-refractivity contribution in [3.8, 4) is 0 Å². The Morgan fingerprint density at radius 3 is 1.44 bits per heavy atom. The number of nitrogens with two attached hydrogens (primary N) is 2. The number of hydrogen-bond acceptors (Lipinski definition) is 3. The van der Waals surface area contributed by atoms with Gasteiger partial charge in [-0.05, 0) is 0 Å². The fraction of sp³-hybridized carbons (Fsp3) is 0.333. The lowest BCUT2D eigenvalue weighted by Gasteiger charge is -1.73. The van der Waals surface area contributed by atoms with Gasteiger partial charge in [0, 0.05) is 0 Å². The molecule has 6 N–H and O–H groups in total. The second-order valence-electron chi connectivity index (χ2n) is 0.936. The van der Waals surface area contributed by atoms with Crippen LogP contribution in [-0.2, 0) is 4.79 Å². The number of rotatable bonds is 1. The minimum Gasteiger partial charge on any atom is -0.480 e. The van der Waals surface area contributed by atoms with Gasteiger partial charge in [0.05, 0.1) is 6.54 Å². The van der Waals surface area contributed by atoms with Crippen LogP contribution in [0.5, 0.6) is 0 Å². The number of hydrogen-bond donors (Lipinski definition) is 4. The summed E-state index contributed by atoms with van der Waals surface area (Å²) in [5.74, 6) is -0.968. The van der Waals surface area contributed by atoms with E-state index in [0.29, 0.717) is 0 Å². The zero-order valence-electron chi connectivity index (χ0n) is 4.57. The molecule has 0 aromatic carbocycles. The molecule has 0 aliphatic heterocycles. The quantitative estimate of drug-likeness (QED) is 0.354. The van der Waals surface area contributed by atoms with E-state index in [1.165, 1.54) is 0 Å². The van der Waals surface area contributed by atoms with Crippen molar-refractivity contribution in [2.24, 2.45) is 11.5 Å². The monoisotopic (exact) mass is 136 g/mol. The molecule has 0 bridgehead atoms. The molecule has 1 amide bonds. The maximum atomic E-state index is 9.24. The molecule has 0 aromatic heterocycles. The minimum absolute atomic E-state index is 0.278. The van der Waals surface area contributed by atoms with Crippen molar-refractivity contribution in [1.82, 2.24) is 0 Å². The topological polar surface area (TPSA) is 127 Å². The molecule has 0 heterocycles. The van der Waals surface area contributed by atoms with Gasteiger partial charge in [0.25, 0.3) is 0 Å². The van der Waals surface area contributed by atoms with E-state index in [1.807, 2.05) is 0 Å². The number of carboxylic acid groups (broad SMARTS) is 2. The first-order valence-corrected chi connectivity index (χ1v) is 1.91. The molecule has 0 aromatic rings. The van der Waals surface area contributed by atoms with Crippen molar-refractivity contribution in [2.45, 2.75) is 0 Å². The summed E-state index contributed by atoms with van der Waals surface area (Å²) in [5.41, 5.74) is 8.60. The summed E-state index contributed by atoms with van der Waals surface area (Å²) >= 11 is 0. The molecule has 0 atom stereocenters. The van der Waals surface area contributed by atoms with Crippen molar-refractivity contribution in [3.05, 3.63) is 0 Å². The fourth-order valence-electron chi connectivity index (χ4n) is 0. The maximum absolute atomic E-state index is 9.24. The molecule has 9 heavy (non-hydrogen) atoms. The Morgan fingerprint density at radius 2 is 1.44 bits per heavy atom. The highest BCUT2D eigenvalue weighted by molar-refractivity contribution is 5.68. The van der Waals surface area contributed by atoms with Crippen LogP contribution < -0.4 is 11.5 Å². The molecular formula is C3H8N2O4. The van der Waals surface area contributed by atoms with Crippen LogP contribution in [0, 0.1) is 0 Å². The first-order chi connectivity index (χ1) is 4.00. The molecule has 0 radical (unpaired) electrons. The molecule has 0 unspecified atom stereocenters. The van der Waals surface area contributed by atoms with Gasteiger partial charge < -0.3 is 21.7 Å². The van der Waals surface area contributed by atoms with Gasteiger partial charge in [0.2, 0.25) is 0 Å². The molecule has 0 spiro atoms. The van der Waals surface area contributed by atoms with Crippen molar-refractivity contribution in [1.29, 1.82) is 0 Å². The lowest BCUT2D eigenvalue weighted by molar-refractivity contribution is -0.135. The third kappa shape index (κ3) is 302. The third-order valence-electron chi connectivity index (χ3n) is 0.175. The third-order valence-corrected chi connectivity index (χ3v) is 0.175. The minimum atomic E-state index is -1.33. The first kappa shape index (κ1) is 10.6. The van der Waals surface area contributed by atoms with Crippen LogP contribution in [-0.4, -0.2) is 28.8 Å². The van der Waals surface area contributed by atoms with Gasteiger partial charge in [-0.3, -0.25) is 4.79 Å². The van der Waals surface area contributed by atoms with Crippen LogP contribution in [0.4, 0.5) is 4.79 Å². The van der Waals surface area contributed by atoms with E-state index < -0.39 is 12.1 Å². The highest BCUT2D eigenvalue weighted by Gasteiger charge is 1.81. The number of primary amides is 1. The van der Waals surface area contributed by atoms with Crippen LogP contribution in [0.25, 0.3) is 0 Å². The van der Waals surface area contributed by atoms with Gasteiger partial charge in [-0.25, -0.2) is 4.79 Å². The van der Waals surface area contributed by atoms with E-state index in [1.54, 1.807) is 0 Å². The van der Waals surface area contributed by atoms with Gasteiger partial charge in [-0.15, -0.1) is 0 Å². The van der Waals surface area contributed by atoms with Gasteiger partial charge in [0.15, 0.2) is 0 Å². The molecule has 0 saturated heterocycles. The van der Waals surface area contributed by atoms with E-state index in [-0.39, 0.29) is 6.54 Å². The lowest BCUT2D eigenvalue weighted by atomic mass is 10.7. The van der Waals surface area contributed by atoms with E-state index >= 15 is 0 Å². The molecule has 6 nitrogen and oxygen atoms in total. The van der Waals surface area contributed by atoms with Crippen molar-refractivity contribution < 1.29 is 19.8 Å². The average molecular weight is 136 g/mol. The van der Waals surface area contributed by atoms with E-state index in [2.05, 4.69) is 11.5 Å². The smallest absolute Gasteiger partial charge is 0.402 e. The number of amides is 1. The average Bonchev–Trinajstić information content (AvgIpc) is 1.65. The number of carboxylic acids is 1. The molecule has 6 heteroatoms. The molecule has 0 saturated carbocycles. The molecule has 0 aliphatic carbocycles. The lowest BCUT2D eigenvalue weighted by Crippen LogP contribution is -2.10. The second kappa shape index (κ2) is 6.70. The number of carbonyl (C=O) groups is 2. The highest BCUT2D eigenvalue weighted by atomic mass is 16.4. The standard InChI is InChI=1S/C2H5NO2.CH3NO2/c3-1-2(4)5;2-1(3)4/h1,3H2,(H,4,5);2H2,(H,3,4). The number of aliphatic carboxylic acids is 1. The Labute approximate surface area is 51.1 Å². The van der Waals surface area contributed by atoms with Crippen LogP contribution in [0.1, 0.15) is 0 Å². The fourth-order valence-corrected chi connectivity index (χ4v) is 0. The Balaban J connectivity index is 0. The van der Waals surface area contributed by atoms with E-state index in [0.717, 1.165) is 0 Å². The summed E-state index contributed by atoms with van der Waals surface area (Å²) in [4.78, 5) is 18.0. The maximum Gasteiger partial charge on any atom is 0.402 e. The summed E-state index contributed by atoms with van der Waals surface area (Å²) in [6, 6.07) is 0. The Hall–Kier alpha value is -1.30. The largest absolute Gasteiger partial charge is 0.480 e. The summed E-state index contributed by atoms with van der Waals surface area (Å²) in [6.45, 7) is -0.278. The molecule has 0 rings (SSSR count). The zero-order chi connectivity index (χ0) is 7.86. The van der Waals surface area contributed by atoms with E-state index in [4.69, 9.17) is 15.0 Å². The Bertz CT molecular complexity index is 98.0. The molecule has 0 fully saturated rings. The van der Waals surface area contributed by atoms with Crippen LogP contribution in [0.3, 0.4) is 0 Å². The predicted molar refractivity (Wildman–Crippen MR) is 28.9 cm³/mol. The van der Waals surface area contributed by atoms with Gasteiger partial charge in [-0.2, -0.15) is 0 Å². The summed E-state index contributed by atoms with van der Waals surface area (Å²) in [7, 11) is 0. The summed E-state index contributed by atoms with van der Waals surface area (Å²) < 4.78 is 0. The highest BCUT2D eigenvalue weighted by Crippen LogP contribution is 1.43. The zero-order valence-corrected chi connectivity index (χ0v) is 4.57. The van der Waals surface area contributed by atoms with E-state index in [9.17, 15) is 4.79 Å². The second-order valence-corrected chi connectivity index (χ2v) is 0.936. The van der Waals surface area contributed by atoms with Crippen molar-refractivity contribution in [3.63, 3.8) is 0 Å². The normalized spacial score (nSPS) is 6.78. The Morgan fingerprint density at radius 1 is 1.33 bits per heavy atom. The summed E-state index contributed by atoms with van der Waals surface area (Å²) in [5, 5.41) is 14.8. The van der Waals surface area contributed by atoms with Crippen LogP contribution in [0.15, 0.2) is 0 Å². The van der Waals surface area contributed by atoms with Gasteiger partial charge in [0.1, 0.15) is 0 Å². The molecular weight excluding hydrogens is 128 g/mol. The first-order valence-electron chi connectivity index (χ1n) is 1.91. The molecule has 0 aliphatic rings. The molecule has 54 valence electrons. The van der Waals surface area contributed by atoms with Crippen LogP contribution >= 0.6 is 0 Å². The van der Waals surface area contributed by atoms with Crippen molar-refractivity contribution in [2.75, 3.05) is 6.54 Å². The predicted octanol–water partition coefficient (Wildman–Crippen LogP) is -1.35. The summed E-state index contributed by atoms with van der Waals surface area (Å²) in [6.07, 6.45) is -1.33. The van der Waals surface area contributed by atoms with Gasteiger partial charge >= 0.3 is 12.1 Å². The van der Waals surface area contributed by atoms with Gasteiger partial charge in [-0.1, -0.05) is 0 Å². The van der Waals surface area contributed by atoms with Crippen molar-refractivity contribution >= 4 is 12.1 Å². The Kier molecular flexibility index (Phi) is 7.92.